The third-order valence-corrected chi connectivity index (χ3v) is 3.10. The van der Waals surface area contributed by atoms with Crippen molar-refractivity contribution in [3.63, 3.8) is 0 Å². The number of hydrogen-bond donors (Lipinski definition) is 3. The Kier molecular flexibility index (Phi) is 5.37. The summed E-state index contributed by atoms with van der Waals surface area (Å²) in [7, 11) is 0. The molecule has 2 aromatic rings. The molecule has 0 aromatic heterocycles. The van der Waals surface area contributed by atoms with E-state index >= 15 is 0 Å². The van der Waals surface area contributed by atoms with Gasteiger partial charge in [-0.2, -0.15) is 5.10 Å². The third kappa shape index (κ3) is 4.49. The van der Waals surface area contributed by atoms with Crippen LogP contribution in [-0.2, 0) is 4.79 Å². The molecule has 114 valence electrons. The Morgan fingerprint density at radius 1 is 1.27 bits per heavy atom. The van der Waals surface area contributed by atoms with Gasteiger partial charge in [0.25, 0.3) is 5.91 Å². The molecule has 0 atom stereocenters. The van der Waals surface area contributed by atoms with Crippen LogP contribution in [0.1, 0.15) is 5.56 Å². The number of phenolic OH excluding ortho intramolecular Hbond substituents is 2. The zero-order valence-electron chi connectivity index (χ0n) is 11.4. The monoisotopic (exact) mass is 364 g/mol. The molecule has 0 aliphatic heterocycles. The minimum Gasteiger partial charge on any atom is -0.504 e. The SMILES string of the molecule is O=C(COc1cccc(Br)c1)NN=Cc1cccc(O)c1O. The molecule has 0 heterocycles. The summed E-state index contributed by atoms with van der Waals surface area (Å²) < 4.78 is 6.14. The van der Waals surface area contributed by atoms with Crippen LogP contribution in [0.4, 0.5) is 0 Å². The first kappa shape index (κ1) is 15.8. The van der Waals surface area contributed by atoms with Crippen LogP contribution in [-0.4, -0.2) is 28.9 Å². The van der Waals surface area contributed by atoms with E-state index in [2.05, 4.69) is 26.5 Å². The highest BCUT2D eigenvalue weighted by Gasteiger charge is 2.04. The maximum atomic E-state index is 11.6. The van der Waals surface area contributed by atoms with Crippen LogP contribution in [0.15, 0.2) is 52.0 Å². The number of phenols is 2. The van der Waals surface area contributed by atoms with E-state index in [1.165, 1.54) is 12.3 Å². The molecule has 0 fully saturated rings. The molecule has 0 spiro atoms. The van der Waals surface area contributed by atoms with Crippen LogP contribution < -0.4 is 10.2 Å². The first-order valence-corrected chi connectivity index (χ1v) is 7.07. The Morgan fingerprint density at radius 2 is 2.05 bits per heavy atom. The number of carbonyl (C=O) groups excluding carboxylic acids is 1. The summed E-state index contributed by atoms with van der Waals surface area (Å²) in [5, 5.41) is 22.6. The Bertz CT molecular complexity index is 704. The number of rotatable bonds is 5. The molecule has 0 bridgehead atoms. The highest BCUT2D eigenvalue weighted by Crippen LogP contribution is 2.26. The molecule has 7 heteroatoms. The lowest BCUT2D eigenvalue weighted by Crippen LogP contribution is -2.24. The zero-order valence-corrected chi connectivity index (χ0v) is 12.9. The van der Waals surface area contributed by atoms with Gasteiger partial charge in [-0.15, -0.1) is 0 Å². The number of aromatic hydroxyl groups is 2. The van der Waals surface area contributed by atoms with E-state index in [0.717, 1.165) is 4.47 Å². The summed E-state index contributed by atoms with van der Waals surface area (Å²) in [6.07, 6.45) is 1.23. The first-order chi connectivity index (χ1) is 10.6. The Balaban J connectivity index is 1.85. The second-order valence-corrected chi connectivity index (χ2v) is 5.17. The van der Waals surface area contributed by atoms with Crippen molar-refractivity contribution in [1.29, 1.82) is 0 Å². The summed E-state index contributed by atoms with van der Waals surface area (Å²) in [5.41, 5.74) is 2.55. The Hall–Kier alpha value is -2.54. The van der Waals surface area contributed by atoms with E-state index in [1.54, 1.807) is 30.3 Å². The lowest BCUT2D eigenvalue weighted by Gasteiger charge is -2.05. The van der Waals surface area contributed by atoms with E-state index in [4.69, 9.17) is 4.74 Å². The second kappa shape index (κ2) is 7.46. The first-order valence-electron chi connectivity index (χ1n) is 6.27. The summed E-state index contributed by atoms with van der Waals surface area (Å²) in [5.74, 6) is -0.450. The van der Waals surface area contributed by atoms with Gasteiger partial charge in [-0.05, 0) is 30.3 Å². The summed E-state index contributed by atoms with van der Waals surface area (Å²) in [6, 6.07) is 11.5. The van der Waals surface area contributed by atoms with Crippen molar-refractivity contribution >= 4 is 28.1 Å². The van der Waals surface area contributed by atoms with Crippen molar-refractivity contribution in [2.45, 2.75) is 0 Å². The van der Waals surface area contributed by atoms with Crippen molar-refractivity contribution in [3.8, 4) is 17.2 Å². The minimum absolute atomic E-state index is 0.195. The van der Waals surface area contributed by atoms with Gasteiger partial charge < -0.3 is 14.9 Å². The van der Waals surface area contributed by atoms with E-state index in [9.17, 15) is 15.0 Å². The number of nitrogens with one attached hydrogen (secondary N) is 1. The van der Waals surface area contributed by atoms with Crippen molar-refractivity contribution in [1.82, 2.24) is 5.43 Å². The number of benzene rings is 2. The highest BCUT2D eigenvalue weighted by atomic mass is 79.9. The predicted molar refractivity (Wildman–Crippen MR) is 85.1 cm³/mol. The van der Waals surface area contributed by atoms with E-state index < -0.39 is 5.91 Å². The number of nitrogens with zero attached hydrogens (tertiary/aromatic N) is 1. The topological polar surface area (TPSA) is 91.2 Å². The van der Waals surface area contributed by atoms with Crippen LogP contribution >= 0.6 is 15.9 Å². The number of hydrazone groups is 1. The van der Waals surface area contributed by atoms with Gasteiger partial charge in [0.1, 0.15) is 5.75 Å². The van der Waals surface area contributed by atoms with Crippen LogP contribution in [0.25, 0.3) is 0 Å². The maximum Gasteiger partial charge on any atom is 0.277 e. The fraction of sp³-hybridized carbons (Fsp3) is 0.0667. The van der Waals surface area contributed by atoms with Crippen LogP contribution in [0.3, 0.4) is 0 Å². The van der Waals surface area contributed by atoms with E-state index in [0.29, 0.717) is 5.75 Å². The normalized spacial score (nSPS) is 10.6. The number of amides is 1. The molecule has 0 saturated heterocycles. The molecule has 1 amide bonds. The summed E-state index contributed by atoms with van der Waals surface area (Å²) in [6.45, 7) is -0.195. The van der Waals surface area contributed by atoms with Crippen LogP contribution in [0.5, 0.6) is 17.2 Å². The fourth-order valence-corrected chi connectivity index (χ4v) is 1.94. The lowest BCUT2D eigenvalue weighted by molar-refractivity contribution is -0.123. The maximum absolute atomic E-state index is 11.6. The fourth-order valence-electron chi connectivity index (χ4n) is 1.56. The average molecular weight is 365 g/mol. The van der Waals surface area contributed by atoms with E-state index in [1.807, 2.05) is 6.07 Å². The van der Waals surface area contributed by atoms with Gasteiger partial charge in [-0.25, -0.2) is 5.43 Å². The standard InChI is InChI=1S/C15H13BrN2O4/c16-11-4-2-5-12(7-11)22-9-14(20)18-17-8-10-3-1-6-13(19)15(10)21/h1-8,19,21H,9H2,(H,18,20). The number of carbonyl (C=O) groups is 1. The third-order valence-electron chi connectivity index (χ3n) is 2.60. The number of hydrogen-bond acceptors (Lipinski definition) is 5. The minimum atomic E-state index is -0.448. The molecule has 2 rings (SSSR count). The van der Waals surface area contributed by atoms with Gasteiger partial charge in [-0.3, -0.25) is 4.79 Å². The summed E-state index contributed by atoms with van der Waals surface area (Å²) in [4.78, 5) is 11.6. The molecule has 6 nitrogen and oxygen atoms in total. The average Bonchev–Trinajstić information content (AvgIpc) is 2.49. The molecular formula is C15H13BrN2O4. The van der Waals surface area contributed by atoms with Crippen molar-refractivity contribution in [3.05, 3.63) is 52.5 Å². The second-order valence-electron chi connectivity index (χ2n) is 4.25. The zero-order chi connectivity index (χ0) is 15.9. The Morgan fingerprint density at radius 3 is 2.82 bits per heavy atom. The van der Waals surface area contributed by atoms with Crippen molar-refractivity contribution < 1.29 is 19.7 Å². The lowest BCUT2D eigenvalue weighted by atomic mass is 10.2. The van der Waals surface area contributed by atoms with Crippen LogP contribution in [0.2, 0.25) is 0 Å². The van der Waals surface area contributed by atoms with Crippen molar-refractivity contribution in [2.75, 3.05) is 6.61 Å². The largest absolute Gasteiger partial charge is 0.504 e. The molecule has 0 aliphatic rings. The van der Waals surface area contributed by atoms with Gasteiger partial charge >= 0.3 is 0 Å². The number of para-hydroxylation sites is 1. The van der Waals surface area contributed by atoms with Gasteiger partial charge in [0.15, 0.2) is 18.1 Å². The molecule has 22 heavy (non-hydrogen) atoms. The Labute approximate surface area is 135 Å². The van der Waals surface area contributed by atoms with E-state index in [-0.39, 0.29) is 23.7 Å². The van der Waals surface area contributed by atoms with Gasteiger partial charge in [0, 0.05) is 10.0 Å². The molecule has 3 N–H and O–H groups in total. The number of halogens is 1. The molecule has 0 radical (unpaired) electrons. The molecule has 2 aromatic carbocycles. The quantitative estimate of drug-likeness (QED) is 0.431. The number of ether oxygens (including phenoxy) is 1. The molecular weight excluding hydrogens is 352 g/mol. The van der Waals surface area contributed by atoms with Crippen molar-refractivity contribution in [2.24, 2.45) is 5.10 Å². The molecule has 0 unspecified atom stereocenters. The van der Waals surface area contributed by atoms with Gasteiger partial charge in [0.05, 0.1) is 6.21 Å². The molecule has 0 aliphatic carbocycles. The van der Waals surface area contributed by atoms with Crippen LogP contribution in [0, 0.1) is 0 Å². The predicted octanol–water partition coefficient (Wildman–Crippen LogP) is 2.39. The molecule has 0 saturated carbocycles. The highest BCUT2D eigenvalue weighted by molar-refractivity contribution is 9.10. The summed E-state index contributed by atoms with van der Waals surface area (Å²) >= 11 is 3.30. The van der Waals surface area contributed by atoms with Gasteiger partial charge in [-0.1, -0.05) is 28.1 Å². The van der Waals surface area contributed by atoms with Gasteiger partial charge in [0.2, 0.25) is 0 Å². The smallest absolute Gasteiger partial charge is 0.277 e.